The Morgan fingerprint density at radius 3 is 2.59 bits per heavy atom. The van der Waals surface area contributed by atoms with Gasteiger partial charge in [-0.05, 0) is 18.2 Å². The summed E-state index contributed by atoms with van der Waals surface area (Å²) >= 11 is 14.7. The van der Waals surface area contributed by atoms with Gasteiger partial charge in [-0.3, -0.25) is 0 Å². The van der Waals surface area contributed by atoms with E-state index in [2.05, 4.69) is 4.98 Å². The van der Waals surface area contributed by atoms with E-state index in [-0.39, 0.29) is 5.56 Å². The number of nitrogens with two attached hydrogens (primary N) is 1. The Labute approximate surface area is 139 Å². The van der Waals surface area contributed by atoms with E-state index in [1.54, 1.807) is 17.7 Å². The summed E-state index contributed by atoms with van der Waals surface area (Å²) in [6.45, 7) is 0. The lowest BCUT2D eigenvalue weighted by atomic mass is 9.80. The van der Waals surface area contributed by atoms with Crippen molar-refractivity contribution >= 4 is 34.5 Å². The first-order valence-electron chi connectivity index (χ1n) is 6.28. The fourth-order valence-corrected chi connectivity index (χ4v) is 4.06. The van der Waals surface area contributed by atoms with Gasteiger partial charge < -0.3 is 5.73 Å². The maximum Gasteiger partial charge on any atom is 0.143 e. The van der Waals surface area contributed by atoms with Crippen molar-refractivity contribution in [2.45, 2.75) is 9.75 Å². The predicted octanol–water partition coefficient (Wildman–Crippen LogP) is 4.40. The Bertz CT molecular complexity index is 776. The summed E-state index contributed by atoms with van der Waals surface area (Å²) < 4.78 is 27.5. The summed E-state index contributed by atoms with van der Waals surface area (Å²) in [7, 11) is 0. The Hall–Kier alpha value is -1.43. The van der Waals surface area contributed by atoms with Crippen LogP contribution in [-0.2, 0) is 9.75 Å². The van der Waals surface area contributed by atoms with Crippen molar-refractivity contribution in [2.75, 3.05) is 0 Å². The van der Waals surface area contributed by atoms with Crippen LogP contribution in [0.15, 0.2) is 53.7 Å². The minimum atomic E-state index is -1.48. The molecule has 0 spiro atoms. The molecule has 1 aliphatic rings. The highest BCUT2D eigenvalue weighted by Gasteiger charge is 2.53. The monoisotopic (exact) mass is 358 g/mol. The topological polar surface area (TPSA) is 38.9 Å². The predicted molar refractivity (Wildman–Crippen MR) is 84.9 cm³/mol. The maximum atomic E-state index is 14.3. The second-order valence-electron chi connectivity index (χ2n) is 4.86. The molecular formula is C15H10Cl2F2N2S. The molecule has 2 N–H and O–H groups in total. The molecule has 2 unspecified atom stereocenters. The van der Waals surface area contributed by atoms with Crippen LogP contribution in [0.5, 0.6) is 0 Å². The van der Waals surface area contributed by atoms with E-state index in [1.165, 1.54) is 29.6 Å². The summed E-state index contributed by atoms with van der Waals surface area (Å²) in [4.78, 5) is 1.33. The van der Waals surface area contributed by atoms with Crippen LogP contribution in [0.25, 0.3) is 0 Å². The zero-order chi connectivity index (χ0) is 16.0. The number of allylic oxidation sites excluding steroid dienone is 3. The van der Waals surface area contributed by atoms with E-state index >= 15 is 0 Å². The molecule has 2 nitrogen and oxygen atoms in total. The molecular weight excluding hydrogens is 349 g/mol. The van der Waals surface area contributed by atoms with E-state index in [0.717, 1.165) is 12.1 Å². The van der Waals surface area contributed by atoms with Gasteiger partial charge in [-0.1, -0.05) is 12.1 Å². The molecule has 7 heteroatoms. The Kier molecular flexibility index (Phi) is 3.75. The average Bonchev–Trinajstić information content (AvgIpc) is 2.98. The summed E-state index contributed by atoms with van der Waals surface area (Å²) in [5.41, 5.74) is 6.28. The van der Waals surface area contributed by atoms with E-state index in [0.29, 0.717) is 10.7 Å². The minimum absolute atomic E-state index is 0.0563. The normalized spacial score (nSPS) is 27.7. The second-order valence-corrected chi connectivity index (χ2v) is 6.95. The lowest BCUT2D eigenvalue weighted by Gasteiger charge is -2.40. The number of rotatable bonds is 2. The largest absolute Gasteiger partial charge is 0.399 e. The first-order chi connectivity index (χ1) is 10.4. The zero-order valence-electron chi connectivity index (χ0n) is 11.1. The van der Waals surface area contributed by atoms with Crippen molar-refractivity contribution in [1.82, 2.24) is 4.98 Å². The zero-order valence-corrected chi connectivity index (χ0v) is 13.4. The van der Waals surface area contributed by atoms with Crippen LogP contribution >= 0.6 is 34.5 Å². The molecule has 0 radical (unpaired) electrons. The van der Waals surface area contributed by atoms with Gasteiger partial charge >= 0.3 is 0 Å². The Morgan fingerprint density at radius 1 is 1.18 bits per heavy atom. The molecule has 22 heavy (non-hydrogen) atoms. The number of halogens is 4. The number of hydrogen-bond acceptors (Lipinski definition) is 3. The summed E-state index contributed by atoms with van der Waals surface area (Å²) in [6, 6.07) is 3.19. The number of aromatic nitrogens is 1. The average molecular weight is 359 g/mol. The third-order valence-corrected chi connectivity index (χ3v) is 5.80. The molecule has 0 amide bonds. The molecule has 1 aliphatic carbocycles. The van der Waals surface area contributed by atoms with E-state index in [9.17, 15) is 8.78 Å². The Morgan fingerprint density at radius 2 is 1.95 bits per heavy atom. The van der Waals surface area contributed by atoms with Crippen LogP contribution < -0.4 is 5.73 Å². The fourth-order valence-electron chi connectivity index (χ4n) is 2.41. The quantitative estimate of drug-likeness (QED) is 0.808. The molecule has 1 aromatic carbocycles. The molecule has 3 rings (SSSR count). The molecule has 1 aromatic heterocycles. The molecule has 114 valence electrons. The fraction of sp³-hybridized carbons (Fsp3) is 0.133. The van der Waals surface area contributed by atoms with Crippen LogP contribution in [0, 0.1) is 11.6 Å². The Balaban J connectivity index is 2.24. The number of benzene rings is 1. The van der Waals surface area contributed by atoms with Gasteiger partial charge in [-0.15, -0.1) is 34.5 Å². The van der Waals surface area contributed by atoms with Crippen LogP contribution in [0.2, 0.25) is 0 Å². The molecule has 0 saturated heterocycles. The molecule has 0 fully saturated rings. The number of nitrogens with zero attached hydrogens (tertiary/aromatic N) is 1. The van der Waals surface area contributed by atoms with E-state index in [4.69, 9.17) is 28.9 Å². The van der Waals surface area contributed by atoms with Crippen LogP contribution in [0.1, 0.15) is 10.6 Å². The second kappa shape index (κ2) is 5.33. The highest BCUT2D eigenvalue weighted by atomic mass is 35.5. The van der Waals surface area contributed by atoms with Gasteiger partial charge in [0.15, 0.2) is 0 Å². The third kappa shape index (κ3) is 2.24. The lowest BCUT2D eigenvalue weighted by Crippen LogP contribution is -2.41. The standard InChI is InChI=1S/C15H10Cl2F2N2S/c16-14(11-2-1-9(18)7-12(11)19)4-3-10(20)8-15(14,17)13-21-5-6-22-13/h1-8H,20H2. The van der Waals surface area contributed by atoms with Gasteiger partial charge in [-0.2, -0.15) is 0 Å². The number of hydrogen-bond donors (Lipinski definition) is 1. The highest BCUT2D eigenvalue weighted by molar-refractivity contribution is 7.10. The molecule has 0 bridgehead atoms. The van der Waals surface area contributed by atoms with Crippen LogP contribution in [0.4, 0.5) is 8.78 Å². The summed E-state index contributed by atoms with van der Waals surface area (Å²) in [6.07, 6.45) is 6.16. The molecule has 2 aromatic rings. The molecule has 0 saturated carbocycles. The van der Waals surface area contributed by atoms with Gasteiger partial charge in [0.1, 0.15) is 26.4 Å². The van der Waals surface area contributed by atoms with Gasteiger partial charge in [0, 0.05) is 28.9 Å². The van der Waals surface area contributed by atoms with Crippen molar-refractivity contribution < 1.29 is 8.78 Å². The van der Waals surface area contributed by atoms with E-state index in [1.807, 2.05) is 0 Å². The van der Waals surface area contributed by atoms with Crippen molar-refractivity contribution in [3.8, 4) is 0 Å². The van der Waals surface area contributed by atoms with Crippen LogP contribution in [0.3, 0.4) is 0 Å². The lowest BCUT2D eigenvalue weighted by molar-refractivity contribution is 0.518. The van der Waals surface area contributed by atoms with Crippen LogP contribution in [-0.4, -0.2) is 4.98 Å². The molecule has 1 heterocycles. The van der Waals surface area contributed by atoms with Gasteiger partial charge in [0.05, 0.1) is 0 Å². The maximum absolute atomic E-state index is 14.3. The minimum Gasteiger partial charge on any atom is -0.399 e. The van der Waals surface area contributed by atoms with Crippen molar-refractivity contribution in [3.05, 3.63) is 75.9 Å². The molecule has 2 atom stereocenters. The van der Waals surface area contributed by atoms with Gasteiger partial charge in [-0.25, -0.2) is 13.8 Å². The number of alkyl halides is 2. The SMILES string of the molecule is NC1=CC(Cl)(c2nccs2)C(Cl)(c2ccc(F)cc2F)C=C1. The highest BCUT2D eigenvalue weighted by Crippen LogP contribution is 2.55. The smallest absolute Gasteiger partial charge is 0.143 e. The third-order valence-electron chi connectivity index (χ3n) is 3.47. The first-order valence-corrected chi connectivity index (χ1v) is 7.91. The summed E-state index contributed by atoms with van der Waals surface area (Å²) in [5.74, 6) is -1.47. The summed E-state index contributed by atoms with van der Waals surface area (Å²) in [5, 5.41) is 2.21. The van der Waals surface area contributed by atoms with Gasteiger partial charge in [0.2, 0.25) is 0 Å². The van der Waals surface area contributed by atoms with E-state index < -0.39 is 21.4 Å². The van der Waals surface area contributed by atoms with Crippen molar-refractivity contribution in [1.29, 1.82) is 0 Å². The van der Waals surface area contributed by atoms with Crippen molar-refractivity contribution in [2.24, 2.45) is 5.73 Å². The van der Waals surface area contributed by atoms with Crippen molar-refractivity contribution in [3.63, 3.8) is 0 Å². The van der Waals surface area contributed by atoms with Gasteiger partial charge in [0.25, 0.3) is 0 Å². The first kappa shape index (κ1) is 15.5. The molecule has 0 aliphatic heterocycles. The number of thiazole rings is 1.